The van der Waals surface area contributed by atoms with E-state index in [4.69, 9.17) is 0 Å². The Kier molecular flexibility index (Phi) is 5.44. The molecule has 0 aliphatic heterocycles. The summed E-state index contributed by atoms with van der Waals surface area (Å²) in [5, 5.41) is 9.70. The lowest BCUT2D eigenvalue weighted by molar-refractivity contribution is 0.102. The predicted octanol–water partition coefficient (Wildman–Crippen LogP) is 2.08. The first-order valence-electron chi connectivity index (χ1n) is 8.08. The van der Waals surface area contributed by atoms with E-state index in [1.54, 1.807) is 11.6 Å². The Morgan fingerprint density at radius 2 is 1.78 bits per heavy atom. The number of aromatic nitrogens is 2. The lowest BCUT2D eigenvalue weighted by atomic mass is 10.2. The van der Waals surface area contributed by atoms with Crippen LogP contribution in [0.15, 0.2) is 35.1 Å². The Hall–Kier alpha value is -1.85. The van der Waals surface area contributed by atoms with Gasteiger partial charge in [0.2, 0.25) is 0 Å². The maximum atomic E-state index is 12.9. The summed E-state index contributed by atoms with van der Waals surface area (Å²) in [5.41, 5.74) is 2.61. The van der Waals surface area contributed by atoms with E-state index in [2.05, 4.69) is 18.7 Å². The van der Waals surface area contributed by atoms with Crippen LogP contribution in [0.1, 0.15) is 32.0 Å². The first kappa shape index (κ1) is 17.5. The fraction of sp³-hybridized carbons (Fsp3) is 0.500. The van der Waals surface area contributed by atoms with Crippen LogP contribution >= 0.6 is 0 Å². The molecule has 0 spiro atoms. The Labute approximate surface area is 137 Å². The fourth-order valence-corrected chi connectivity index (χ4v) is 2.81. The van der Waals surface area contributed by atoms with Gasteiger partial charge in [-0.3, -0.25) is 14.4 Å². The highest BCUT2D eigenvalue weighted by molar-refractivity contribution is 5.33. The van der Waals surface area contributed by atoms with Crippen LogP contribution in [-0.2, 0) is 13.6 Å². The number of aliphatic hydroxyl groups excluding tert-OH is 1. The summed E-state index contributed by atoms with van der Waals surface area (Å²) in [6.07, 6.45) is -0.419. The molecule has 0 radical (unpaired) electrons. The van der Waals surface area contributed by atoms with Gasteiger partial charge >= 0.3 is 0 Å². The van der Waals surface area contributed by atoms with Crippen molar-refractivity contribution < 1.29 is 5.11 Å². The summed E-state index contributed by atoms with van der Waals surface area (Å²) in [6, 6.07) is 9.92. The molecule has 2 rings (SSSR count). The van der Waals surface area contributed by atoms with Gasteiger partial charge < -0.3 is 5.11 Å². The van der Waals surface area contributed by atoms with E-state index in [0.717, 1.165) is 16.9 Å². The maximum Gasteiger partial charge on any atom is 0.276 e. The van der Waals surface area contributed by atoms with Crippen molar-refractivity contribution in [1.82, 2.24) is 14.3 Å². The summed E-state index contributed by atoms with van der Waals surface area (Å²) in [4.78, 5) is 15.0. The first-order chi connectivity index (χ1) is 10.8. The quantitative estimate of drug-likeness (QED) is 0.887. The summed E-state index contributed by atoms with van der Waals surface area (Å²) in [5.74, 6) is 0. The number of nitrogens with zero attached hydrogens (tertiary/aromatic N) is 3. The summed E-state index contributed by atoms with van der Waals surface area (Å²) >= 11 is 0. The molecule has 0 saturated carbocycles. The van der Waals surface area contributed by atoms with Crippen LogP contribution in [0.5, 0.6) is 0 Å². The lowest BCUT2D eigenvalue weighted by Gasteiger charge is -2.27. The van der Waals surface area contributed by atoms with Gasteiger partial charge in [0.15, 0.2) is 0 Å². The topological polar surface area (TPSA) is 50.4 Å². The molecule has 23 heavy (non-hydrogen) atoms. The summed E-state index contributed by atoms with van der Waals surface area (Å²) in [6.45, 7) is 9.00. The molecular formula is C18H27N3O2. The standard InChI is InChI=1S/C18H27N3O2/c1-13(2)20(11-14(3)22)12-17-15(4)19(5)21(18(17)23)16-9-7-6-8-10-16/h6-10,13-14,22H,11-12H2,1-5H3. The molecule has 1 heterocycles. The van der Waals surface area contributed by atoms with Crippen molar-refractivity contribution in [2.24, 2.45) is 7.05 Å². The van der Waals surface area contributed by atoms with Gasteiger partial charge in [-0.2, -0.15) is 0 Å². The van der Waals surface area contributed by atoms with E-state index in [1.807, 2.05) is 49.0 Å². The number of para-hydroxylation sites is 1. The molecule has 0 bridgehead atoms. The molecule has 0 amide bonds. The minimum absolute atomic E-state index is 0.00689. The van der Waals surface area contributed by atoms with Gasteiger partial charge in [-0.1, -0.05) is 18.2 Å². The Balaban J connectivity index is 2.43. The summed E-state index contributed by atoms with van der Waals surface area (Å²) in [7, 11) is 1.90. The van der Waals surface area contributed by atoms with E-state index in [9.17, 15) is 9.90 Å². The zero-order valence-corrected chi connectivity index (χ0v) is 14.7. The first-order valence-corrected chi connectivity index (χ1v) is 8.08. The average molecular weight is 317 g/mol. The van der Waals surface area contributed by atoms with Crippen molar-refractivity contribution in [3.05, 3.63) is 51.9 Å². The molecular weight excluding hydrogens is 290 g/mol. The molecule has 5 heteroatoms. The van der Waals surface area contributed by atoms with E-state index in [1.165, 1.54) is 0 Å². The maximum absolute atomic E-state index is 12.9. The van der Waals surface area contributed by atoms with Gasteiger partial charge in [-0.15, -0.1) is 0 Å². The highest BCUT2D eigenvalue weighted by Gasteiger charge is 2.20. The van der Waals surface area contributed by atoms with Crippen LogP contribution in [0, 0.1) is 6.92 Å². The molecule has 5 nitrogen and oxygen atoms in total. The van der Waals surface area contributed by atoms with E-state index < -0.39 is 6.10 Å². The van der Waals surface area contributed by atoms with Crippen LogP contribution < -0.4 is 5.56 Å². The average Bonchev–Trinajstić information content (AvgIpc) is 2.70. The SMILES string of the molecule is Cc1c(CN(CC(C)O)C(C)C)c(=O)n(-c2ccccc2)n1C. The molecule has 0 fully saturated rings. The van der Waals surface area contributed by atoms with Gasteiger partial charge in [0.05, 0.1) is 17.4 Å². The Morgan fingerprint density at radius 1 is 1.17 bits per heavy atom. The molecule has 1 unspecified atom stereocenters. The van der Waals surface area contributed by atoms with Crippen molar-refractivity contribution >= 4 is 0 Å². The number of hydrogen-bond acceptors (Lipinski definition) is 3. The van der Waals surface area contributed by atoms with Crippen LogP contribution in [0.4, 0.5) is 0 Å². The van der Waals surface area contributed by atoms with E-state index in [-0.39, 0.29) is 11.6 Å². The molecule has 1 aromatic heterocycles. The third-order valence-electron chi connectivity index (χ3n) is 4.26. The lowest BCUT2D eigenvalue weighted by Crippen LogP contribution is -2.37. The zero-order valence-electron chi connectivity index (χ0n) is 14.7. The van der Waals surface area contributed by atoms with Crippen molar-refractivity contribution in [1.29, 1.82) is 0 Å². The monoisotopic (exact) mass is 317 g/mol. The highest BCUT2D eigenvalue weighted by atomic mass is 16.3. The second-order valence-electron chi connectivity index (χ2n) is 6.41. The molecule has 1 atom stereocenters. The molecule has 1 aromatic carbocycles. The van der Waals surface area contributed by atoms with Crippen LogP contribution in [0.2, 0.25) is 0 Å². The number of aliphatic hydroxyl groups is 1. The third kappa shape index (κ3) is 3.74. The Morgan fingerprint density at radius 3 is 2.30 bits per heavy atom. The molecule has 0 saturated heterocycles. The normalized spacial score (nSPS) is 13.0. The van der Waals surface area contributed by atoms with E-state index >= 15 is 0 Å². The Bertz CT molecular complexity index is 699. The number of rotatable bonds is 6. The van der Waals surface area contributed by atoms with Crippen LogP contribution in [0.3, 0.4) is 0 Å². The van der Waals surface area contributed by atoms with Crippen molar-refractivity contribution in [2.45, 2.75) is 46.4 Å². The number of benzene rings is 1. The van der Waals surface area contributed by atoms with Gasteiger partial charge in [-0.05, 0) is 39.8 Å². The molecule has 0 aliphatic rings. The second-order valence-corrected chi connectivity index (χ2v) is 6.41. The van der Waals surface area contributed by atoms with Gasteiger partial charge in [-0.25, -0.2) is 4.68 Å². The number of hydrogen-bond donors (Lipinski definition) is 1. The molecule has 126 valence electrons. The smallest absolute Gasteiger partial charge is 0.276 e. The van der Waals surface area contributed by atoms with E-state index in [0.29, 0.717) is 13.1 Å². The predicted molar refractivity (Wildman–Crippen MR) is 93.0 cm³/mol. The van der Waals surface area contributed by atoms with Crippen LogP contribution in [0.25, 0.3) is 5.69 Å². The highest BCUT2D eigenvalue weighted by Crippen LogP contribution is 2.13. The second kappa shape index (κ2) is 7.15. The summed E-state index contributed by atoms with van der Waals surface area (Å²) < 4.78 is 3.60. The fourth-order valence-electron chi connectivity index (χ4n) is 2.81. The molecule has 2 aromatic rings. The van der Waals surface area contributed by atoms with Crippen LogP contribution in [-0.4, -0.2) is 38.1 Å². The molecule has 1 N–H and O–H groups in total. The van der Waals surface area contributed by atoms with Gasteiger partial charge in [0.25, 0.3) is 5.56 Å². The minimum Gasteiger partial charge on any atom is -0.392 e. The molecule has 0 aliphatic carbocycles. The van der Waals surface area contributed by atoms with Crippen molar-refractivity contribution in [3.8, 4) is 5.69 Å². The largest absolute Gasteiger partial charge is 0.392 e. The third-order valence-corrected chi connectivity index (χ3v) is 4.26. The zero-order chi connectivity index (χ0) is 17.1. The van der Waals surface area contributed by atoms with Crippen molar-refractivity contribution in [3.63, 3.8) is 0 Å². The van der Waals surface area contributed by atoms with Gasteiger partial charge in [0.1, 0.15) is 0 Å². The van der Waals surface area contributed by atoms with Crippen molar-refractivity contribution in [2.75, 3.05) is 6.54 Å². The van der Waals surface area contributed by atoms with Gasteiger partial charge in [0, 0.05) is 31.9 Å². The minimum atomic E-state index is -0.419.